The third-order valence-electron chi connectivity index (χ3n) is 3.32. The van der Waals surface area contributed by atoms with Crippen molar-refractivity contribution in [1.82, 2.24) is 20.4 Å². The SMILES string of the molecule is Cl.Cl.c1cncc(-c2nc(CCC3CCNC3)no2)c1. The van der Waals surface area contributed by atoms with Crippen LogP contribution in [0.4, 0.5) is 0 Å². The van der Waals surface area contributed by atoms with Crippen LogP contribution in [0.5, 0.6) is 0 Å². The smallest absolute Gasteiger partial charge is 0.259 e. The summed E-state index contributed by atoms with van der Waals surface area (Å²) in [6, 6.07) is 3.79. The van der Waals surface area contributed by atoms with Crippen molar-refractivity contribution in [2.45, 2.75) is 19.3 Å². The number of halogens is 2. The third kappa shape index (κ3) is 4.16. The van der Waals surface area contributed by atoms with Crippen molar-refractivity contribution >= 4 is 24.8 Å². The van der Waals surface area contributed by atoms with Gasteiger partial charge in [-0.2, -0.15) is 4.98 Å². The number of hydrogen-bond donors (Lipinski definition) is 1. The number of nitrogens with one attached hydrogen (secondary N) is 1. The molecule has 1 aliphatic rings. The zero-order valence-electron chi connectivity index (χ0n) is 11.0. The molecule has 3 heterocycles. The third-order valence-corrected chi connectivity index (χ3v) is 3.32. The van der Waals surface area contributed by atoms with Crippen LogP contribution in [0.2, 0.25) is 0 Å². The minimum atomic E-state index is 0. The maximum absolute atomic E-state index is 5.25. The minimum absolute atomic E-state index is 0. The molecule has 7 heteroatoms. The van der Waals surface area contributed by atoms with Crippen LogP contribution >= 0.6 is 24.8 Å². The van der Waals surface area contributed by atoms with Gasteiger partial charge in [-0.25, -0.2) is 0 Å². The highest BCUT2D eigenvalue weighted by Crippen LogP contribution is 2.18. The largest absolute Gasteiger partial charge is 0.334 e. The fraction of sp³-hybridized carbons (Fsp3) is 0.462. The molecule has 1 fully saturated rings. The maximum Gasteiger partial charge on any atom is 0.259 e. The Kier molecular flexibility index (Phi) is 6.91. The fourth-order valence-corrected chi connectivity index (χ4v) is 2.26. The maximum atomic E-state index is 5.25. The molecule has 3 rings (SSSR count). The van der Waals surface area contributed by atoms with Gasteiger partial charge in [0.1, 0.15) is 0 Å². The average Bonchev–Trinajstić information content (AvgIpc) is 3.09. The van der Waals surface area contributed by atoms with E-state index in [1.54, 1.807) is 12.4 Å². The first-order valence-electron chi connectivity index (χ1n) is 6.35. The lowest BCUT2D eigenvalue weighted by Crippen LogP contribution is -2.09. The second-order valence-corrected chi connectivity index (χ2v) is 4.65. The molecule has 0 aromatic carbocycles. The monoisotopic (exact) mass is 316 g/mol. The molecular formula is C13H18Cl2N4O. The van der Waals surface area contributed by atoms with Gasteiger partial charge < -0.3 is 9.84 Å². The van der Waals surface area contributed by atoms with Gasteiger partial charge in [-0.3, -0.25) is 4.98 Å². The molecule has 0 saturated carbocycles. The Hall–Kier alpha value is -1.17. The lowest BCUT2D eigenvalue weighted by atomic mass is 10.0. The van der Waals surface area contributed by atoms with Crippen LogP contribution in [0.3, 0.4) is 0 Å². The summed E-state index contributed by atoms with van der Waals surface area (Å²) in [4.78, 5) is 8.45. The van der Waals surface area contributed by atoms with Gasteiger partial charge in [0.25, 0.3) is 5.89 Å². The molecule has 1 N–H and O–H groups in total. The zero-order valence-corrected chi connectivity index (χ0v) is 12.6. The molecule has 2 aromatic rings. The van der Waals surface area contributed by atoms with Gasteiger partial charge >= 0.3 is 0 Å². The highest BCUT2D eigenvalue weighted by atomic mass is 35.5. The van der Waals surface area contributed by atoms with Crippen LogP contribution in [0, 0.1) is 5.92 Å². The van der Waals surface area contributed by atoms with Gasteiger partial charge in [-0.15, -0.1) is 24.8 Å². The Morgan fingerprint density at radius 1 is 1.35 bits per heavy atom. The van der Waals surface area contributed by atoms with Crippen molar-refractivity contribution in [1.29, 1.82) is 0 Å². The van der Waals surface area contributed by atoms with Gasteiger partial charge in [-0.05, 0) is 44.0 Å². The molecule has 110 valence electrons. The van der Waals surface area contributed by atoms with E-state index in [4.69, 9.17) is 4.52 Å². The lowest BCUT2D eigenvalue weighted by Gasteiger charge is -2.04. The summed E-state index contributed by atoms with van der Waals surface area (Å²) in [6.45, 7) is 2.26. The topological polar surface area (TPSA) is 63.8 Å². The molecule has 0 radical (unpaired) electrons. The summed E-state index contributed by atoms with van der Waals surface area (Å²) >= 11 is 0. The molecule has 0 bridgehead atoms. The molecule has 1 aliphatic heterocycles. The lowest BCUT2D eigenvalue weighted by molar-refractivity contribution is 0.417. The number of aromatic nitrogens is 3. The second-order valence-electron chi connectivity index (χ2n) is 4.65. The van der Waals surface area contributed by atoms with E-state index < -0.39 is 0 Å². The Morgan fingerprint density at radius 3 is 2.95 bits per heavy atom. The Morgan fingerprint density at radius 2 is 2.25 bits per heavy atom. The van der Waals surface area contributed by atoms with Gasteiger partial charge in [0.15, 0.2) is 5.82 Å². The van der Waals surface area contributed by atoms with Crippen LogP contribution in [0.15, 0.2) is 29.0 Å². The molecular weight excluding hydrogens is 299 g/mol. The van der Waals surface area contributed by atoms with Gasteiger partial charge in [0, 0.05) is 18.8 Å². The minimum Gasteiger partial charge on any atom is -0.334 e. The summed E-state index contributed by atoms with van der Waals surface area (Å²) in [5, 5.41) is 7.39. The first-order chi connectivity index (χ1) is 8.92. The van der Waals surface area contributed by atoms with Crippen LogP contribution in [-0.2, 0) is 6.42 Å². The van der Waals surface area contributed by atoms with Crippen molar-refractivity contribution < 1.29 is 4.52 Å². The van der Waals surface area contributed by atoms with E-state index >= 15 is 0 Å². The summed E-state index contributed by atoms with van der Waals surface area (Å²) in [5.41, 5.74) is 0.874. The summed E-state index contributed by atoms with van der Waals surface area (Å²) < 4.78 is 5.25. The average molecular weight is 317 g/mol. The van der Waals surface area contributed by atoms with Crippen molar-refractivity contribution in [3.8, 4) is 11.5 Å². The summed E-state index contributed by atoms with van der Waals surface area (Å²) in [5.74, 6) is 2.11. The summed E-state index contributed by atoms with van der Waals surface area (Å²) in [6.07, 6.45) is 6.73. The Balaban J connectivity index is 0.000001000. The number of hydrogen-bond acceptors (Lipinski definition) is 5. The second kappa shape index (κ2) is 8.19. The molecule has 1 unspecified atom stereocenters. The fourth-order valence-electron chi connectivity index (χ4n) is 2.26. The van der Waals surface area contributed by atoms with Gasteiger partial charge in [0.05, 0.1) is 5.56 Å². The van der Waals surface area contributed by atoms with Gasteiger partial charge in [0.2, 0.25) is 0 Å². The Labute approximate surface area is 130 Å². The quantitative estimate of drug-likeness (QED) is 0.939. The van der Waals surface area contributed by atoms with E-state index in [1.807, 2.05) is 12.1 Å². The molecule has 0 amide bonds. The molecule has 0 aliphatic carbocycles. The molecule has 1 atom stereocenters. The van der Waals surface area contributed by atoms with Crippen LogP contribution in [0.1, 0.15) is 18.7 Å². The number of rotatable bonds is 4. The number of nitrogens with zero attached hydrogens (tertiary/aromatic N) is 3. The summed E-state index contributed by atoms with van der Waals surface area (Å²) in [7, 11) is 0. The predicted molar refractivity (Wildman–Crippen MR) is 81.3 cm³/mol. The molecule has 5 nitrogen and oxygen atoms in total. The highest BCUT2D eigenvalue weighted by Gasteiger charge is 2.16. The number of pyridine rings is 1. The first kappa shape index (κ1) is 16.9. The highest BCUT2D eigenvalue weighted by molar-refractivity contribution is 5.85. The molecule has 20 heavy (non-hydrogen) atoms. The van der Waals surface area contributed by atoms with E-state index in [9.17, 15) is 0 Å². The van der Waals surface area contributed by atoms with E-state index in [2.05, 4.69) is 20.4 Å². The Bertz CT molecular complexity index is 500. The van der Waals surface area contributed by atoms with Crippen LogP contribution in [0.25, 0.3) is 11.5 Å². The van der Waals surface area contributed by atoms with E-state index in [-0.39, 0.29) is 24.8 Å². The van der Waals surface area contributed by atoms with E-state index in [0.29, 0.717) is 5.89 Å². The standard InChI is InChI=1S/C13H16N4O.2ClH/c1-2-11(9-14-6-1)13-16-12(17-18-13)4-3-10-5-7-15-8-10;;/h1-2,6,9-10,15H,3-5,7-8H2;2*1H. The first-order valence-corrected chi connectivity index (χ1v) is 6.35. The van der Waals surface area contributed by atoms with Crippen molar-refractivity contribution in [2.75, 3.05) is 13.1 Å². The zero-order chi connectivity index (χ0) is 12.2. The van der Waals surface area contributed by atoms with E-state index in [0.717, 1.165) is 43.2 Å². The number of aryl methyl sites for hydroxylation is 1. The normalized spacial score (nSPS) is 17.3. The van der Waals surface area contributed by atoms with Crippen molar-refractivity contribution in [3.63, 3.8) is 0 Å². The van der Waals surface area contributed by atoms with Crippen LogP contribution < -0.4 is 5.32 Å². The van der Waals surface area contributed by atoms with Crippen molar-refractivity contribution in [2.24, 2.45) is 5.92 Å². The van der Waals surface area contributed by atoms with Crippen LogP contribution in [-0.4, -0.2) is 28.2 Å². The molecule has 0 spiro atoms. The van der Waals surface area contributed by atoms with E-state index in [1.165, 1.54) is 6.42 Å². The van der Waals surface area contributed by atoms with Gasteiger partial charge in [-0.1, -0.05) is 5.16 Å². The molecule has 1 saturated heterocycles. The molecule has 2 aromatic heterocycles. The van der Waals surface area contributed by atoms with Crippen molar-refractivity contribution in [3.05, 3.63) is 30.4 Å². The predicted octanol–water partition coefficient (Wildman–Crippen LogP) is 2.52.